The number of hydrogen-bond donors (Lipinski definition) is 1. The first kappa shape index (κ1) is 11.4. The molecule has 6 heteroatoms. The van der Waals surface area contributed by atoms with Gasteiger partial charge in [-0.25, -0.2) is 0 Å². The molecule has 0 atom stereocenters. The standard InChI is InChI=1S/C12H16N4O2/c1-7-10(6-17)8(2)16(14-7)5-11-13-12(18-15-11)9-3-4-9/h9,17H,3-6H2,1-2H3. The van der Waals surface area contributed by atoms with E-state index in [2.05, 4.69) is 15.2 Å². The quantitative estimate of drug-likeness (QED) is 0.882. The second kappa shape index (κ2) is 4.20. The minimum absolute atomic E-state index is 0.0111. The van der Waals surface area contributed by atoms with Crippen molar-refractivity contribution >= 4 is 0 Å². The summed E-state index contributed by atoms with van der Waals surface area (Å²) in [7, 11) is 0. The first-order valence-corrected chi connectivity index (χ1v) is 6.15. The molecule has 3 rings (SSSR count). The molecule has 0 aromatic carbocycles. The molecular formula is C12H16N4O2. The largest absolute Gasteiger partial charge is 0.392 e. The summed E-state index contributed by atoms with van der Waals surface area (Å²) < 4.78 is 7.02. The average Bonchev–Trinajstić information content (AvgIpc) is 3.03. The molecule has 0 amide bonds. The first-order chi connectivity index (χ1) is 8.69. The van der Waals surface area contributed by atoms with Crippen molar-refractivity contribution in [1.29, 1.82) is 0 Å². The first-order valence-electron chi connectivity index (χ1n) is 6.15. The van der Waals surface area contributed by atoms with Gasteiger partial charge in [-0.15, -0.1) is 0 Å². The van der Waals surface area contributed by atoms with Crippen LogP contribution < -0.4 is 0 Å². The maximum Gasteiger partial charge on any atom is 0.229 e. The van der Waals surface area contributed by atoms with Gasteiger partial charge in [0.15, 0.2) is 5.82 Å². The van der Waals surface area contributed by atoms with Crippen LogP contribution in [0.5, 0.6) is 0 Å². The molecule has 0 aliphatic heterocycles. The molecule has 0 unspecified atom stereocenters. The van der Waals surface area contributed by atoms with E-state index in [0.717, 1.165) is 35.7 Å². The summed E-state index contributed by atoms with van der Waals surface area (Å²) in [5, 5.41) is 17.6. The summed E-state index contributed by atoms with van der Waals surface area (Å²) >= 11 is 0. The molecule has 2 aromatic rings. The lowest BCUT2D eigenvalue weighted by atomic mass is 10.2. The van der Waals surface area contributed by atoms with Crippen molar-refractivity contribution < 1.29 is 9.63 Å². The lowest BCUT2D eigenvalue weighted by Crippen LogP contribution is -2.06. The van der Waals surface area contributed by atoms with E-state index in [1.165, 1.54) is 0 Å². The summed E-state index contributed by atoms with van der Waals surface area (Å²) in [6, 6.07) is 0. The highest BCUT2D eigenvalue weighted by molar-refractivity contribution is 5.23. The van der Waals surface area contributed by atoms with Crippen molar-refractivity contribution in [2.24, 2.45) is 0 Å². The molecule has 1 aliphatic rings. The molecule has 1 aliphatic carbocycles. The van der Waals surface area contributed by atoms with E-state index < -0.39 is 0 Å². The van der Waals surface area contributed by atoms with Gasteiger partial charge < -0.3 is 9.63 Å². The minimum atomic E-state index is 0.0111. The molecule has 2 heterocycles. The zero-order valence-corrected chi connectivity index (χ0v) is 10.6. The van der Waals surface area contributed by atoms with Gasteiger partial charge in [0.1, 0.15) is 6.54 Å². The minimum Gasteiger partial charge on any atom is -0.392 e. The highest BCUT2D eigenvalue weighted by Crippen LogP contribution is 2.38. The Morgan fingerprint density at radius 3 is 2.78 bits per heavy atom. The van der Waals surface area contributed by atoms with Gasteiger partial charge in [-0.05, 0) is 26.7 Å². The number of aryl methyl sites for hydroxylation is 1. The summed E-state index contributed by atoms with van der Waals surface area (Å²) in [5.41, 5.74) is 2.68. The highest BCUT2D eigenvalue weighted by atomic mass is 16.5. The number of hydrogen-bond acceptors (Lipinski definition) is 5. The van der Waals surface area contributed by atoms with Crippen LogP contribution in [0.2, 0.25) is 0 Å². The number of nitrogens with zero attached hydrogens (tertiary/aromatic N) is 4. The van der Waals surface area contributed by atoms with Gasteiger partial charge >= 0.3 is 0 Å². The van der Waals surface area contributed by atoms with Gasteiger partial charge in [0.2, 0.25) is 5.89 Å². The maximum absolute atomic E-state index is 9.26. The number of aliphatic hydroxyl groups excluding tert-OH is 1. The molecule has 2 aromatic heterocycles. The van der Waals surface area contributed by atoms with Crippen LogP contribution in [0, 0.1) is 13.8 Å². The van der Waals surface area contributed by atoms with Gasteiger partial charge in [-0.1, -0.05) is 5.16 Å². The molecule has 0 spiro atoms. The van der Waals surface area contributed by atoms with Crippen molar-refractivity contribution in [3.63, 3.8) is 0 Å². The fourth-order valence-corrected chi connectivity index (χ4v) is 2.08. The van der Waals surface area contributed by atoms with E-state index in [4.69, 9.17) is 4.52 Å². The Bertz CT molecular complexity index is 569. The maximum atomic E-state index is 9.26. The zero-order valence-electron chi connectivity index (χ0n) is 10.6. The highest BCUT2D eigenvalue weighted by Gasteiger charge is 2.29. The van der Waals surface area contributed by atoms with Crippen LogP contribution in [-0.4, -0.2) is 25.0 Å². The number of aromatic nitrogens is 4. The SMILES string of the molecule is Cc1nn(Cc2noc(C3CC3)n2)c(C)c1CO. The zero-order chi connectivity index (χ0) is 12.7. The Labute approximate surface area is 105 Å². The van der Waals surface area contributed by atoms with Crippen LogP contribution in [0.15, 0.2) is 4.52 Å². The van der Waals surface area contributed by atoms with Crippen LogP contribution in [0.3, 0.4) is 0 Å². The molecule has 96 valence electrons. The van der Waals surface area contributed by atoms with E-state index in [-0.39, 0.29) is 6.61 Å². The summed E-state index contributed by atoms with van der Waals surface area (Å²) in [6.07, 6.45) is 2.30. The second-order valence-corrected chi connectivity index (χ2v) is 4.79. The smallest absolute Gasteiger partial charge is 0.229 e. The Morgan fingerprint density at radius 1 is 1.39 bits per heavy atom. The molecule has 1 saturated carbocycles. The van der Waals surface area contributed by atoms with Gasteiger partial charge in [-0.3, -0.25) is 4.68 Å². The number of rotatable bonds is 4. The third-order valence-electron chi connectivity index (χ3n) is 3.39. The molecule has 6 nitrogen and oxygen atoms in total. The van der Waals surface area contributed by atoms with Gasteiger partial charge in [0.05, 0.1) is 12.3 Å². The van der Waals surface area contributed by atoms with Gasteiger partial charge in [0, 0.05) is 17.2 Å². The third kappa shape index (κ3) is 1.92. The van der Waals surface area contributed by atoms with Crippen molar-refractivity contribution in [2.45, 2.75) is 45.8 Å². The summed E-state index contributed by atoms with van der Waals surface area (Å²) in [4.78, 5) is 4.37. The van der Waals surface area contributed by atoms with Crippen LogP contribution in [0.25, 0.3) is 0 Å². The molecule has 1 fully saturated rings. The summed E-state index contributed by atoms with van der Waals surface area (Å²) in [5.74, 6) is 1.86. The van der Waals surface area contributed by atoms with Crippen LogP contribution in [0.4, 0.5) is 0 Å². The molecule has 0 radical (unpaired) electrons. The van der Waals surface area contributed by atoms with Gasteiger partial charge in [0.25, 0.3) is 0 Å². The topological polar surface area (TPSA) is 77.0 Å². The predicted molar refractivity (Wildman–Crippen MR) is 63.0 cm³/mol. The van der Waals surface area contributed by atoms with E-state index in [9.17, 15) is 5.11 Å². The van der Waals surface area contributed by atoms with Crippen molar-refractivity contribution in [2.75, 3.05) is 0 Å². The van der Waals surface area contributed by atoms with E-state index >= 15 is 0 Å². The normalized spacial score (nSPS) is 15.3. The molecule has 0 saturated heterocycles. The molecule has 1 N–H and O–H groups in total. The van der Waals surface area contributed by atoms with Crippen molar-refractivity contribution in [3.8, 4) is 0 Å². The summed E-state index contributed by atoms with van der Waals surface area (Å²) in [6.45, 7) is 4.33. The molecule has 0 bridgehead atoms. The van der Waals surface area contributed by atoms with E-state index in [1.54, 1.807) is 0 Å². The van der Waals surface area contributed by atoms with Crippen molar-refractivity contribution in [1.82, 2.24) is 19.9 Å². The van der Waals surface area contributed by atoms with E-state index in [0.29, 0.717) is 18.3 Å². The third-order valence-corrected chi connectivity index (χ3v) is 3.39. The van der Waals surface area contributed by atoms with Crippen LogP contribution >= 0.6 is 0 Å². The second-order valence-electron chi connectivity index (χ2n) is 4.79. The molecule has 18 heavy (non-hydrogen) atoms. The predicted octanol–water partition coefficient (Wildman–Crippen LogP) is 1.30. The van der Waals surface area contributed by atoms with Gasteiger partial charge in [-0.2, -0.15) is 10.1 Å². The fraction of sp³-hybridized carbons (Fsp3) is 0.583. The Kier molecular flexibility index (Phi) is 2.66. The Hall–Kier alpha value is -1.69. The van der Waals surface area contributed by atoms with Crippen LogP contribution in [-0.2, 0) is 13.2 Å². The fourth-order valence-electron chi connectivity index (χ4n) is 2.08. The lowest BCUT2D eigenvalue weighted by molar-refractivity contribution is 0.280. The van der Waals surface area contributed by atoms with Crippen molar-refractivity contribution in [3.05, 3.63) is 28.7 Å². The molecular weight excluding hydrogens is 232 g/mol. The monoisotopic (exact) mass is 248 g/mol. The van der Waals surface area contributed by atoms with E-state index in [1.807, 2.05) is 18.5 Å². The lowest BCUT2D eigenvalue weighted by Gasteiger charge is -2.00. The number of aliphatic hydroxyl groups is 1. The average molecular weight is 248 g/mol. The Morgan fingerprint density at radius 2 is 2.17 bits per heavy atom. The Balaban J connectivity index is 1.82. The van der Waals surface area contributed by atoms with Crippen LogP contribution in [0.1, 0.15) is 47.4 Å².